The number of imide groups is 1. The molecule has 27 heavy (non-hydrogen) atoms. The van der Waals surface area contributed by atoms with Crippen molar-refractivity contribution in [3.63, 3.8) is 0 Å². The molecule has 0 atom stereocenters. The maximum absolute atomic E-state index is 11.8. The van der Waals surface area contributed by atoms with Crippen LogP contribution in [0.3, 0.4) is 0 Å². The Morgan fingerprint density at radius 1 is 1.33 bits per heavy atom. The molecule has 0 bridgehead atoms. The Morgan fingerprint density at radius 2 is 2.07 bits per heavy atom. The molecule has 1 aliphatic rings. The number of guanidine groups is 1. The number of likely N-dealkylation sites (tertiary alicyclic amines) is 1. The first kappa shape index (κ1) is 21.0. The van der Waals surface area contributed by atoms with Crippen molar-refractivity contribution in [1.82, 2.24) is 15.1 Å². The Labute approximate surface area is 165 Å². The summed E-state index contributed by atoms with van der Waals surface area (Å²) < 4.78 is 5.71. The standard InChI is InChI=1S/C19H27ClN4O3/c1-3-21-19(22-10-11-24-17(25)8-5-9-18(24)26)23(2)12-13-27-16-7-4-6-15(20)14-16/h4,6-7,14H,3,5,8-13H2,1-2H3,(H,21,22). The molecule has 1 fully saturated rings. The fourth-order valence-electron chi connectivity index (χ4n) is 2.74. The minimum absolute atomic E-state index is 0.102. The van der Waals surface area contributed by atoms with E-state index in [4.69, 9.17) is 16.3 Å². The van der Waals surface area contributed by atoms with Gasteiger partial charge in [0, 0.05) is 38.0 Å². The summed E-state index contributed by atoms with van der Waals surface area (Å²) in [5.41, 5.74) is 0. The Kier molecular flexibility index (Phi) is 8.39. The van der Waals surface area contributed by atoms with Gasteiger partial charge in [0.2, 0.25) is 11.8 Å². The van der Waals surface area contributed by atoms with Gasteiger partial charge in [-0.2, -0.15) is 0 Å². The first-order valence-corrected chi connectivity index (χ1v) is 9.60. The highest BCUT2D eigenvalue weighted by molar-refractivity contribution is 6.30. The third-order valence-electron chi connectivity index (χ3n) is 4.16. The molecule has 0 spiro atoms. The average molecular weight is 395 g/mol. The molecule has 0 radical (unpaired) electrons. The Bertz CT molecular complexity index is 665. The van der Waals surface area contributed by atoms with Crippen LogP contribution in [0.2, 0.25) is 5.02 Å². The second-order valence-corrected chi connectivity index (χ2v) is 6.69. The number of carbonyl (C=O) groups is 2. The van der Waals surface area contributed by atoms with Gasteiger partial charge < -0.3 is 15.0 Å². The van der Waals surface area contributed by atoms with Crippen LogP contribution in [0.4, 0.5) is 0 Å². The van der Waals surface area contributed by atoms with Gasteiger partial charge in [0.1, 0.15) is 12.4 Å². The normalized spacial score (nSPS) is 15.1. The van der Waals surface area contributed by atoms with Gasteiger partial charge in [0.25, 0.3) is 0 Å². The summed E-state index contributed by atoms with van der Waals surface area (Å²) in [6.07, 6.45) is 1.53. The molecule has 1 aromatic rings. The number of rotatable bonds is 8. The number of benzene rings is 1. The highest BCUT2D eigenvalue weighted by Gasteiger charge is 2.25. The largest absolute Gasteiger partial charge is 0.492 e. The topological polar surface area (TPSA) is 74.2 Å². The van der Waals surface area contributed by atoms with Crippen LogP contribution in [0.5, 0.6) is 5.75 Å². The smallest absolute Gasteiger partial charge is 0.229 e. The van der Waals surface area contributed by atoms with Crippen LogP contribution in [0.25, 0.3) is 0 Å². The van der Waals surface area contributed by atoms with E-state index in [1.807, 2.05) is 31.0 Å². The van der Waals surface area contributed by atoms with Crippen LogP contribution in [-0.2, 0) is 9.59 Å². The summed E-state index contributed by atoms with van der Waals surface area (Å²) >= 11 is 5.95. The Balaban J connectivity index is 1.83. The van der Waals surface area contributed by atoms with Gasteiger partial charge >= 0.3 is 0 Å². The number of hydrogen-bond acceptors (Lipinski definition) is 4. The first-order chi connectivity index (χ1) is 13.0. The Morgan fingerprint density at radius 3 is 2.74 bits per heavy atom. The van der Waals surface area contributed by atoms with Gasteiger partial charge in [0.05, 0.1) is 13.1 Å². The predicted molar refractivity (Wildman–Crippen MR) is 106 cm³/mol. The number of hydrogen-bond donors (Lipinski definition) is 1. The van der Waals surface area contributed by atoms with Crippen molar-refractivity contribution in [2.24, 2.45) is 4.99 Å². The molecule has 1 N–H and O–H groups in total. The van der Waals surface area contributed by atoms with E-state index in [2.05, 4.69) is 10.3 Å². The quantitative estimate of drug-likeness (QED) is 0.415. The van der Waals surface area contributed by atoms with Crippen LogP contribution in [0.1, 0.15) is 26.2 Å². The highest BCUT2D eigenvalue weighted by atomic mass is 35.5. The number of halogens is 1. The molecule has 0 saturated carbocycles. The number of likely N-dealkylation sites (N-methyl/N-ethyl adjacent to an activating group) is 1. The van der Waals surface area contributed by atoms with Crippen LogP contribution in [0.15, 0.2) is 29.3 Å². The number of nitrogens with one attached hydrogen (secondary N) is 1. The van der Waals surface area contributed by atoms with Crippen molar-refractivity contribution >= 4 is 29.4 Å². The summed E-state index contributed by atoms with van der Waals surface area (Å²) in [7, 11) is 1.92. The van der Waals surface area contributed by atoms with Crippen LogP contribution in [-0.4, -0.2) is 67.4 Å². The summed E-state index contributed by atoms with van der Waals surface area (Å²) in [6.45, 7) is 4.51. The molecule has 1 aliphatic heterocycles. The lowest BCUT2D eigenvalue weighted by atomic mass is 10.1. The van der Waals surface area contributed by atoms with Crippen LogP contribution in [0, 0.1) is 0 Å². The molecule has 7 nitrogen and oxygen atoms in total. The summed E-state index contributed by atoms with van der Waals surface area (Å²) in [6, 6.07) is 7.27. The van der Waals surface area contributed by atoms with E-state index in [1.165, 1.54) is 4.90 Å². The monoisotopic (exact) mass is 394 g/mol. The number of nitrogens with zero attached hydrogens (tertiary/aromatic N) is 3. The van der Waals surface area contributed by atoms with E-state index in [-0.39, 0.29) is 11.8 Å². The molecule has 2 rings (SSSR count). The number of aliphatic imine (C=N–C) groups is 1. The van der Waals surface area contributed by atoms with Crippen molar-refractivity contribution in [3.05, 3.63) is 29.3 Å². The van der Waals surface area contributed by atoms with Gasteiger partial charge in [-0.1, -0.05) is 17.7 Å². The van der Waals surface area contributed by atoms with Crippen molar-refractivity contribution < 1.29 is 14.3 Å². The molecule has 1 heterocycles. The van der Waals surface area contributed by atoms with Gasteiger partial charge in [-0.05, 0) is 31.5 Å². The second kappa shape index (κ2) is 10.8. The SMILES string of the molecule is CCNC(=NCCN1C(=O)CCCC1=O)N(C)CCOc1cccc(Cl)c1. The third kappa shape index (κ3) is 6.75. The van der Waals surface area contributed by atoms with E-state index in [9.17, 15) is 9.59 Å². The second-order valence-electron chi connectivity index (χ2n) is 6.26. The van der Waals surface area contributed by atoms with Crippen LogP contribution >= 0.6 is 11.6 Å². The van der Waals surface area contributed by atoms with Crippen molar-refractivity contribution in [2.75, 3.05) is 39.8 Å². The van der Waals surface area contributed by atoms with Crippen molar-refractivity contribution in [1.29, 1.82) is 0 Å². The lowest BCUT2D eigenvalue weighted by molar-refractivity contribution is -0.147. The Hall–Kier alpha value is -2.28. The zero-order valence-electron chi connectivity index (χ0n) is 15.9. The fourth-order valence-corrected chi connectivity index (χ4v) is 2.92. The minimum atomic E-state index is -0.102. The van der Waals surface area contributed by atoms with Crippen molar-refractivity contribution in [3.8, 4) is 5.75 Å². The summed E-state index contributed by atoms with van der Waals surface area (Å²) in [4.78, 5) is 31.5. The summed E-state index contributed by atoms with van der Waals surface area (Å²) in [5, 5.41) is 3.85. The average Bonchev–Trinajstić information content (AvgIpc) is 2.63. The van der Waals surface area contributed by atoms with Gasteiger partial charge in [-0.3, -0.25) is 19.5 Å². The molecule has 0 aliphatic carbocycles. The molecule has 2 amide bonds. The molecule has 0 unspecified atom stereocenters. The van der Waals surface area contributed by atoms with E-state index in [0.29, 0.717) is 56.5 Å². The fraction of sp³-hybridized carbons (Fsp3) is 0.526. The minimum Gasteiger partial charge on any atom is -0.492 e. The predicted octanol–water partition coefficient (Wildman–Crippen LogP) is 2.16. The molecule has 1 saturated heterocycles. The molecular weight excluding hydrogens is 368 g/mol. The summed E-state index contributed by atoms with van der Waals surface area (Å²) in [5.74, 6) is 1.23. The zero-order valence-corrected chi connectivity index (χ0v) is 16.7. The van der Waals surface area contributed by atoms with E-state index < -0.39 is 0 Å². The van der Waals surface area contributed by atoms with Crippen molar-refractivity contribution in [2.45, 2.75) is 26.2 Å². The van der Waals surface area contributed by atoms with E-state index >= 15 is 0 Å². The lowest BCUT2D eigenvalue weighted by Crippen LogP contribution is -2.43. The molecule has 148 valence electrons. The number of ether oxygens (including phenoxy) is 1. The van der Waals surface area contributed by atoms with Gasteiger partial charge in [-0.15, -0.1) is 0 Å². The molecule has 0 aromatic heterocycles. The van der Waals surface area contributed by atoms with Crippen LogP contribution < -0.4 is 10.1 Å². The lowest BCUT2D eigenvalue weighted by Gasteiger charge is -2.25. The maximum Gasteiger partial charge on any atom is 0.229 e. The molecule has 8 heteroatoms. The third-order valence-corrected chi connectivity index (χ3v) is 4.39. The maximum atomic E-state index is 11.8. The van der Waals surface area contributed by atoms with E-state index in [0.717, 1.165) is 12.3 Å². The molecular formula is C19H27ClN4O3. The highest BCUT2D eigenvalue weighted by Crippen LogP contribution is 2.17. The molecule has 1 aromatic carbocycles. The number of amides is 2. The first-order valence-electron chi connectivity index (χ1n) is 9.22. The zero-order chi connectivity index (χ0) is 19.6. The number of piperidine rings is 1. The number of carbonyl (C=O) groups excluding carboxylic acids is 2. The van der Waals surface area contributed by atoms with E-state index in [1.54, 1.807) is 12.1 Å². The van der Waals surface area contributed by atoms with Gasteiger partial charge in [0.15, 0.2) is 5.96 Å². The van der Waals surface area contributed by atoms with Gasteiger partial charge in [-0.25, -0.2) is 0 Å².